The molecule has 2 rings (SSSR count). The van der Waals surface area contributed by atoms with Crippen molar-refractivity contribution in [3.63, 3.8) is 0 Å². The SMILES string of the molecule is CC(C)n1nc2snc(C(C)(C)C)c2n1. The maximum absolute atomic E-state index is 4.49. The van der Waals surface area contributed by atoms with Gasteiger partial charge in [0, 0.05) is 5.41 Å². The van der Waals surface area contributed by atoms with E-state index in [1.54, 1.807) is 4.80 Å². The monoisotopic (exact) mass is 224 g/mol. The molecule has 0 spiro atoms. The molecular weight excluding hydrogens is 208 g/mol. The molecule has 82 valence electrons. The van der Waals surface area contributed by atoms with Crippen molar-refractivity contribution in [2.75, 3.05) is 0 Å². The Balaban J connectivity index is 2.59. The average Bonchev–Trinajstić information content (AvgIpc) is 2.56. The number of aromatic nitrogens is 4. The molecule has 0 fully saturated rings. The van der Waals surface area contributed by atoms with Crippen molar-refractivity contribution in [3.05, 3.63) is 5.69 Å². The first-order valence-corrected chi connectivity index (χ1v) is 5.89. The van der Waals surface area contributed by atoms with Crippen LogP contribution in [0, 0.1) is 0 Å². The lowest BCUT2D eigenvalue weighted by atomic mass is 9.92. The number of hydrogen-bond acceptors (Lipinski definition) is 4. The summed E-state index contributed by atoms with van der Waals surface area (Å²) in [5, 5.41) is 8.90. The predicted molar refractivity (Wildman–Crippen MR) is 62.3 cm³/mol. The van der Waals surface area contributed by atoms with Crippen LogP contribution in [0.3, 0.4) is 0 Å². The topological polar surface area (TPSA) is 43.6 Å². The summed E-state index contributed by atoms with van der Waals surface area (Å²) >= 11 is 1.43. The van der Waals surface area contributed by atoms with Gasteiger partial charge in [0.1, 0.15) is 5.52 Å². The number of rotatable bonds is 1. The van der Waals surface area contributed by atoms with Crippen molar-refractivity contribution in [2.24, 2.45) is 0 Å². The molecule has 0 aliphatic rings. The minimum atomic E-state index is 0.0378. The van der Waals surface area contributed by atoms with E-state index in [9.17, 15) is 0 Å². The van der Waals surface area contributed by atoms with Gasteiger partial charge < -0.3 is 0 Å². The van der Waals surface area contributed by atoms with Gasteiger partial charge in [-0.2, -0.15) is 14.3 Å². The fourth-order valence-corrected chi connectivity index (χ4v) is 2.26. The largest absolute Gasteiger partial charge is 0.192 e. The van der Waals surface area contributed by atoms with Crippen LogP contribution in [-0.2, 0) is 5.41 Å². The molecule has 5 heteroatoms. The zero-order valence-corrected chi connectivity index (χ0v) is 10.6. The summed E-state index contributed by atoms with van der Waals surface area (Å²) in [5.74, 6) is 0. The molecule has 0 unspecified atom stereocenters. The van der Waals surface area contributed by atoms with E-state index >= 15 is 0 Å². The van der Waals surface area contributed by atoms with Crippen LogP contribution >= 0.6 is 11.5 Å². The van der Waals surface area contributed by atoms with Crippen molar-refractivity contribution in [3.8, 4) is 0 Å². The molecule has 0 aliphatic carbocycles. The van der Waals surface area contributed by atoms with Crippen molar-refractivity contribution < 1.29 is 0 Å². The van der Waals surface area contributed by atoms with Crippen molar-refractivity contribution in [1.29, 1.82) is 0 Å². The van der Waals surface area contributed by atoms with Crippen LogP contribution in [0.5, 0.6) is 0 Å². The van der Waals surface area contributed by atoms with E-state index in [2.05, 4.69) is 49.2 Å². The maximum atomic E-state index is 4.49. The van der Waals surface area contributed by atoms with Crippen molar-refractivity contribution in [2.45, 2.75) is 46.1 Å². The Morgan fingerprint density at radius 2 is 1.87 bits per heavy atom. The van der Waals surface area contributed by atoms with Gasteiger partial charge in [-0.15, -0.1) is 5.10 Å². The minimum absolute atomic E-state index is 0.0378. The van der Waals surface area contributed by atoms with E-state index in [4.69, 9.17) is 0 Å². The van der Waals surface area contributed by atoms with Gasteiger partial charge in [0.25, 0.3) is 0 Å². The lowest BCUT2D eigenvalue weighted by Crippen LogP contribution is -2.12. The zero-order valence-electron chi connectivity index (χ0n) is 9.77. The Morgan fingerprint density at radius 1 is 1.20 bits per heavy atom. The van der Waals surface area contributed by atoms with Crippen molar-refractivity contribution in [1.82, 2.24) is 19.4 Å². The Kier molecular flexibility index (Phi) is 2.30. The van der Waals surface area contributed by atoms with Crippen LogP contribution in [0.2, 0.25) is 0 Å². The van der Waals surface area contributed by atoms with E-state index in [1.807, 2.05) is 0 Å². The van der Waals surface area contributed by atoms with Crippen LogP contribution in [0.25, 0.3) is 10.3 Å². The Morgan fingerprint density at radius 3 is 2.40 bits per heavy atom. The first-order chi connectivity index (χ1) is 6.89. The molecule has 15 heavy (non-hydrogen) atoms. The maximum Gasteiger partial charge on any atom is 0.186 e. The molecule has 2 aromatic rings. The first-order valence-electron chi connectivity index (χ1n) is 5.12. The highest BCUT2D eigenvalue weighted by atomic mass is 32.1. The van der Waals surface area contributed by atoms with Crippen LogP contribution in [0.15, 0.2) is 0 Å². The molecule has 0 bridgehead atoms. The quantitative estimate of drug-likeness (QED) is 0.748. The lowest BCUT2D eigenvalue weighted by molar-refractivity contribution is 0.471. The molecule has 0 saturated carbocycles. The van der Waals surface area contributed by atoms with Gasteiger partial charge in [0.2, 0.25) is 0 Å². The van der Waals surface area contributed by atoms with Gasteiger partial charge in [0.15, 0.2) is 4.83 Å². The molecule has 0 radical (unpaired) electrons. The van der Waals surface area contributed by atoms with Crippen LogP contribution in [0.4, 0.5) is 0 Å². The minimum Gasteiger partial charge on any atom is -0.192 e. The first kappa shape index (κ1) is 10.5. The van der Waals surface area contributed by atoms with Crippen LogP contribution in [-0.4, -0.2) is 19.4 Å². The normalized spacial score (nSPS) is 12.9. The summed E-state index contributed by atoms with van der Waals surface area (Å²) in [5.41, 5.74) is 2.05. The van der Waals surface area contributed by atoms with E-state index < -0.39 is 0 Å². The summed E-state index contributed by atoms with van der Waals surface area (Å²) in [6.07, 6.45) is 0. The number of hydrogen-bond donors (Lipinski definition) is 0. The van der Waals surface area contributed by atoms with E-state index in [0.29, 0.717) is 6.04 Å². The fraction of sp³-hybridized carbons (Fsp3) is 0.700. The smallest absolute Gasteiger partial charge is 0.186 e. The Hall–Kier alpha value is -0.970. The second-order valence-electron chi connectivity index (χ2n) is 5.05. The standard InChI is InChI=1S/C10H16N4S/c1-6(2)14-11-7-8(10(3,4)5)13-15-9(7)12-14/h6H,1-5H3. The summed E-state index contributed by atoms with van der Waals surface area (Å²) < 4.78 is 4.43. The number of nitrogens with zero attached hydrogens (tertiary/aromatic N) is 4. The van der Waals surface area contributed by atoms with E-state index in [1.165, 1.54) is 11.5 Å². The molecule has 0 aromatic carbocycles. The van der Waals surface area contributed by atoms with Gasteiger partial charge in [-0.1, -0.05) is 20.8 Å². The van der Waals surface area contributed by atoms with E-state index in [-0.39, 0.29) is 5.41 Å². The third-order valence-corrected chi connectivity index (χ3v) is 2.94. The third-order valence-electron chi connectivity index (χ3n) is 2.22. The van der Waals surface area contributed by atoms with Gasteiger partial charge in [0.05, 0.1) is 11.7 Å². The lowest BCUT2D eigenvalue weighted by Gasteiger charge is -2.14. The number of fused-ring (bicyclic) bond motifs is 1. The van der Waals surface area contributed by atoms with Crippen molar-refractivity contribution >= 4 is 21.9 Å². The highest BCUT2D eigenvalue weighted by molar-refractivity contribution is 7.12. The molecule has 0 aliphatic heterocycles. The second kappa shape index (κ2) is 3.27. The van der Waals surface area contributed by atoms with Gasteiger partial charge in [-0.25, -0.2) is 0 Å². The highest BCUT2D eigenvalue weighted by Crippen LogP contribution is 2.29. The molecule has 4 nitrogen and oxygen atoms in total. The highest BCUT2D eigenvalue weighted by Gasteiger charge is 2.23. The molecule has 0 amide bonds. The average molecular weight is 224 g/mol. The summed E-state index contributed by atoms with van der Waals surface area (Å²) in [6, 6.07) is 0.303. The summed E-state index contributed by atoms with van der Waals surface area (Å²) in [7, 11) is 0. The van der Waals surface area contributed by atoms with Gasteiger partial charge in [-0.05, 0) is 25.4 Å². The van der Waals surface area contributed by atoms with Crippen LogP contribution in [0.1, 0.15) is 46.4 Å². The second-order valence-corrected chi connectivity index (χ2v) is 5.80. The van der Waals surface area contributed by atoms with E-state index in [0.717, 1.165) is 16.0 Å². The summed E-state index contributed by atoms with van der Waals surface area (Å²) in [4.78, 5) is 2.70. The zero-order chi connectivity index (χ0) is 11.2. The molecule has 0 atom stereocenters. The Bertz CT molecular complexity index is 475. The van der Waals surface area contributed by atoms with Gasteiger partial charge >= 0.3 is 0 Å². The predicted octanol–water partition coefficient (Wildman–Crippen LogP) is 2.77. The molecule has 2 heterocycles. The third kappa shape index (κ3) is 1.76. The Labute approximate surface area is 93.5 Å². The fourth-order valence-electron chi connectivity index (χ4n) is 1.37. The molecule has 0 N–H and O–H groups in total. The molecule has 2 aromatic heterocycles. The molecular formula is C10H16N4S. The summed E-state index contributed by atoms with van der Waals surface area (Å²) in [6.45, 7) is 10.6. The van der Waals surface area contributed by atoms with Gasteiger partial charge in [-0.3, -0.25) is 0 Å². The molecule has 0 saturated heterocycles. The van der Waals surface area contributed by atoms with Crippen LogP contribution < -0.4 is 0 Å².